The first kappa shape index (κ1) is 14.7. The molecule has 2 amide bonds. The van der Waals surface area contributed by atoms with Crippen LogP contribution in [0.5, 0.6) is 5.75 Å². The first-order chi connectivity index (χ1) is 9.67. The van der Waals surface area contributed by atoms with Crippen molar-refractivity contribution in [3.05, 3.63) is 29.3 Å². The molecule has 0 bridgehead atoms. The van der Waals surface area contributed by atoms with Crippen LogP contribution in [0.4, 0.5) is 4.79 Å². The van der Waals surface area contributed by atoms with Crippen molar-refractivity contribution in [1.29, 1.82) is 0 Å². The van der Waals surface area contributed by atoms with E-state index in [2.05, 4.69) is 11.4 Å². The molecular formula is C16H24N2O2. The first-order valence-corrected chi connectivity index (χ1v) is 7.45. The van der Waals surface area contributed by atoms with Crippen molar-refractivity contribution in [2.24, 2.45) is 0 Å². The highest BCUT2D eigenvalue weighted by Crippen LogP contribution is 2.34. The topological polar surface area (TPSA) is 41.6 Å². The van der Waals surface area contributed by atoms with Gasteiger partial charge in [0.1, 0.15) is 5.75 Å². The van der Waals surface area contributed by atoms with Crippen LogP contribution < -0.4 is 10.1 Å². The molecule has 1 heterocycles. The number of aryl methyl sites for hydroxylation is 1. The van der Waals surface area contributed by atoms with Gasteiger partial charge in [-0.2, -0.15) is 0 Å². The minimum Gasteiger partial charge on any atom is -0.493 e. The number of amides is 2. The number of urea groups is 1. The van der Waals surface area contributed by atoms with E-state index < -0.39 is 0 Å². The van der Waals surface area contributed by atoms with Crippen molar-refractivity contribution in [3.63, 3.8) is 0 Å². The molecule has 20 heavy (non-hydrogen) atoms. The summed E-state index contributed by atoms with van der Waals surface area (Å²) in [6.07, 6.45) is 1.88. The molecule has 0 saturated heterocycles. The maximum atomic E-state index is 12.3. The molecule has 4 heteroatoms. The summed E-state index contributed by atoms with van der Waals surface area (Å²) >= 11 is 0. The summed E-state index contributed by atoms with van der Waals surface area (Å²) in [5, 5.41) is 3.15. The number of fused-ring (bicyclic) bond motifs is 1. The molecule has 4 nitrogen and oxygen atoms in total. The quantitative estimate of drug-likeness (QED) is 0.920. The van der Waals surface area contributed by atoms with Crippen LogP contribution in [-0.2, 0) is 0 Å². The molecule has 1 atom stereocenters. The summed E-state index contributed by atoms with van der Waals surface area (Å²) in [4.78, 5) is 14.1. The summed E-state index contributed by atoms with van der Waals surface area (Å²) in [7, 11) is 0. The predicted octanol–water partition coefficient (Wildman–Crippen LogP) is 3.26. The number of nitrogens with one attached hydrogen (secondary N) is 1. The molecule has 0 saturated carbocycles. The Kier molecular flexibility index (Phi) is 4.88. The molecule has 2 rings (SSSR count). The molecular weight excluding hydrogens is 252 g/mol. The molecule has 0 aliphatic carbocycles. The highest BCUT2D eigenvalue weighted by atomic mass is 16.5. The van der Waals surface area contributed by atoms with Gasteiger partial charge in [-0.3, -0.25) is 0 Å². The average Bonchev–Trinajstić information content (AvgIpc) is 2.64. The maximum Gasteiger partial charge on any atom is 0.317 e. The zero-order chi connectivity index (χ0) is 14.5. The monoisotopic (exact) mass is 276 g/mol. The van der Waals surface area contributed by atoms with Crippen molar-refractivity contribution < 1.29 is 9.53 Å². The number of carbonyl (C=O) groups is 1. The summed E-state index contributed by atoms with van der Waals surface area (Å²) in [6, 6.07) is 6.18. The van der Waals surface area contributed by atoms with E-state index in [1.54, 1.807) is 4.90 Å². The molecule has 0 fully saturated rings. The molecule has 1 unspecified atom stereocenters. The van der Waals surface area contributed by atoms with Crippen molar-refractivity contribution >= 4 is 6.03 Å². The van der Waals surface area contributed by atoms with Crippen molar-refractivity contribution in [3.8, 4) is 5.75 Å². The van der Waals surface area contributed by atoms with Gasteiger partial charge in [0.25, 0.3) is 0 Å². The van der Waals surface area contributed by atoms with E-state index in [-0.39, 0.29) is 12.1 Å². The summed E-state index contributed by atoms with van der Waals surface area (Å²) in [5.41, 5.74) is 2.23. The Labute approximate surface area is 121 Å². The fourth-order valence-electron chi connectivity index (χ4n) is 2.66. The largest absolute Gasteiger partial charge is 0.493 e. The zero-order valence-corrected chi connectivity index (χ0v) is 12.6. The lowest BCUT2D eigenvalue weighted by atomic mass is 10.00. The smallest absolute Gasteiger partial charge is 0.317 e. The number of para-hydroxylation sites is 1. The lowest BCUT2D eigenvalue weighted by molar-refractivity contribution is 0.198. The predicted molar refractivity (Wildman–Crippen MR) is 80.1 cm³/mol. The van der Waals surface area contributed by atoms with Gasteiger partial charge < -0.3 is 15.0 Å². The highest BCUT2D eigenvalue weighted by Gasteiger charge is 2.23. The molecule has 1 aliphatic heterocycles. The third-order valence-electron chi connectivity index (χ3n) is 3.85. The Morgan fingerprint density at radius 1 is 1.40 bits per heavy atom. The van der Waals surface area contributed by atoms with Crippen LogP contribution in [0.25, 0.3) is 0 Å². The normalized spacial score (nSPS) is 17.6. The van der Waals surface area contributed by atoms with Gasteiger partial charge >= 0.3 is 6.03 Å². The number of carbonyl (C=O) groups excluding carboxylic acids is 1. The number of hydrogen-bond donors (Lipinski definition) is 1. The average molecular weight is 276 g/mol. The minimum atomic E-state index is 0.00866. The van der Waals surface area contributed by atoms with E-state index in [4.69, 9.17) is 4.74 Å². The van der Waals surface area contributed by atoms with E-state index in [9.17, 15) is 4.79 Å². The van der Waals surface area contributed by atoms with E-state index >= 15 is 0 Å². The summed E-state index contributed by atoms with van der Waals surface area (Å²) < 4.78 is 5.84. The summed E-state index contributed by atoms with van der Waals surface area (Å²) in [6.45, 7) is 8.22. The number of hydrogen-bond acceptors (Lipinski definition) is 2. The van der Waals surface area contributed by atoms with Crippen LogP contribution in [0.2, 0.25) is 0 Å². The van der Waals surface area contributed by atoms with Crippen LogP contribution in [0.3, 0.4) is 0 Å². The van der Waals surface area contributed by atoms with Gasteiger partial charge in [-0.15, -0.1) is 0 Å². The Morgan fingerprint density at radius 3 is 2.85 bits per heavy atom. The molecule has 1 aromatic carbocycles. The highest BCUT2D eigenvalue weighted by molar-refractivity contribution is 5.74. The van der Waals surface area contributed by atoms with E-state index in [1.165, 1.54) is 0 Å². The second-order valence-corrected chi connectivity index (χ2v) is 5.16. The lowest BCUT2D eigenvalue weighted by Crippen LogP contribution is -2.41. The number of rotatable bonds is 3. The fraction of sp³-hybridized carbons (Fsp3) is 0.562. The maximum absolute atomic E-state index is 12.3. The molecule has 0 spiro atoms. The van der Waals surface area contributed by atoms with E-state index in [0.717, 1.165) is 49.4 Å². The standard InChI is InChI=1S/C16H24N2O2/c1-4-18(5-2)16(19)17-14-10-7-11-20-15-12(3)8-6-9-13(14)15/h6,8-9,14H,4-5,7,10-11H2,1-3H3,(H,17,19). The van der Waals surface area contributed by atoms with Crippen LogP contribution in [0.15, 0.2) is 18.2 Å². The van der Waals surface area contributed by atoms with Crippen LogP contribution in [-0.4, -0.2) is 30.6 Å². The van der Waals surface area contributed by atoms with Gasteiger partial charge in [0.05, 0.1) is 12.6 Å². The van der Waals surface area contributed by atoms with Crippen LogP contribution >= 0.6 is 0 Å². The van der Waals surface area contributed by atoms with Crippen molar-refractivity contribution in [2.75, 3.05) is 19.7 Å². The van der Waals surface area contributed by atoms with Crippen molar-refractivity contribution in [2.45, 2.75) is 39.7 Å². The zero-order valence-electron chi connectivity index (χ0n) is 12.6. The third kappa shape index (κ3) is 3.06. The Balaban J connectivity index is 2.21. The van der Waals surface area contributed by atoms with Crippen LogP contribution in [0.1, 0.15) is 43.9 Å². The van der Waals surface area contributed by atoms with Gasteiger partial charge in [0.2, 0.25) is 0 Å². The number of nitrogens with zero attached hydrogens (tertiary/aromatic N) is 1. The van der Waals surface area contributed by atoms with E-state index in [0.29, 0.717) is 0 Å². The van der Waals surface area contributed by atoms with E-state index in [1.807, 2.05) is 32.9 Å². The second kappa shape index (κ2) is 6.64. The molecule has 0 radical (unpaired) electrons. The summed E-state index contributed by atoms with van der Waals surface area (Å²) in [5.74, 6) is 0.940. The Hall–Kier alpha value is -1.71. The third-order valence-corrected chi connectivity index (χ3v) is 3.85. The van der Waals surface area contributed by atoms with Gasteiger partial charge in [-0.1, -0.05) is 18.2 Å². The lowest BCUT2D eigenvalue weighted by Gasteiger charge is -2.24. The van der Waals surface area contributed by atoms with Crippen LogP contribution in [0, 0.1) is 6.92 Å². The second-order valence-electron chi connectivity index (χ2n) is 5.16. The number of ether oxygens (including phenoxy) is 1. The SMILES string of the molecule is CCN(CC)C(=O)NC1CCCOc2c(C)cccc21. The van der Waals surface area contributed by atoms with Gasteiger partial charge in [-0.05, 0) is 39.2 Å². The van der Waals surface area contributed by atoms with Gasteiger partial charge in [0.15, 0.2) is 0 Å². The molecule has 1 aliphatic rings. The number of benzene rings is 1. The molecule has 0 aromatic heterocycles. The Morgan fingerprint density at radius 2 is 2.15 bits per heavy atom. The molecule has 1 N–H and O–H groups in total. The Bertz CT molecular complexity index is 470. The van der Waals surface area contributed by atoms with Gasteiger partial charge in [0, 0.05) is 18.7 Å². The first-order valence-electron chi connectivity index (χ1n) is 7.45. The van der Waals surface area contributed by atoms with Crippen molar-refractivity contribution in [1.82, 2.24) is 10.2 Å². The fourth-order valence-corrected chi connectivity index (χ4v) is 2.66. The minimum absolute atomic E-state index is 0.00866. The molecule has 110 valence electrons. The van der Waals surface area contributed by atoms with Gasteiger partial charge in [-0.25, -0.2) is 4.79 Å². The molecule has 1 aromatic rings.